The molecule has 2 aliphatic rings. The zero-order valence-electron chi connectivity index (χ0n) is 11.5. The smallest absolute Gasteiger partial charge is 0.245 e. The number of nitrogens with zero attached hydrogens (tertiary/aromatic N) is 1. The van der Waals surface area contributed by atoms with Gasteiger partial charge in [0.15, 0.2) is 0 Å². The number of nitrogens with one attached hydrogen (secondary N) is 2. The largest absolute Gasteiger partial charge is 0.377 e. The van der Waals surface area contributed by atoms with Crippen molar-refractivity contribution in [3.8, 4) is 0 Å². The summed E-state index contributed by atoms with van der Waals surface area (Å²) >= 11 is 0. The van der Waals surface area contributed by atoms with Crippen LogP contribution in [-0.2, 0) is 14.3 Å². The summed E-state index contributed by atoms with van der Waals surface area (Å²) in [5, 5.41) is 6.02. The Bertz CT molecular complexity index is 331. The van der Waals surface area contributed by atoms with Gasteiger partial charge < -0.3 is 20.3 Å². The number of amides is 2. The molecule has 1 aliphatic heterocycles. The van der Waals surface area contributed by atoms with Crippen molar-refractivity contribution in [2.45, 2.75) is 38.3 Å². The van der Waals surface area contributed by atoms with Crippen LogP contribution in [0.2, 0.25) is 0 Å². The van der Waals surface area contributed by atoms with E-state index in [1.54, 1.807) is 4.90 Å². The lowest BCUT2D eigenvalue weighted by atomic mass is 10.2. The number of hydrogen-bond donors (Lipinski definition) is 2. The van der Waals surface area contributed by atoms with Crippen LogP contribution in [0.5, 0.6) is 0 Å². The molecule has 2 rings (SSSR count). The Morgan fingerprint density at radius 2 is 2.16 bits per heavy atom. The molecule has 1 heterocycles. The molecule has 0 spiro atoms. The topological polar surface area (TPSA) is 70.7 Å². The maximum Gasteiger partial charge on any atom is 0.245 e. The number of rotatable bonds is 6. The summed E-state index contributed by atoms with van der Waals surface area (Å²) in [5.41, 5.74) is 0. The highest BCUT2D eigenvalue weighted by Crippen LogP contribution is 2.18. The Balaban J connectivity index is 1.86. The molecule has 0 aromatic heterocycles. The minimum absolute atomic E-state index is 0.00755. The van der Waals surface area contributed by atoms with Gasteiger partial charge in [-0.15, -0.1) is 0 Å². The zero-order valence-corrected chi connectivity index (χ0v) is 11.5. The number of carbonyl (C=O) groups excluding carboxylic acids is 2. The van der Waals surface area contributed by atoms with Crippen molar-refractivity contribution in [2.75, 3.05) is 32.8 Å². The van der Waals surface area contributed by atoms with Gasteiger partial charge in [0.1, 0.15) is 6.04 Å². The van der Waals surface area contributed by atoms with Gasteiger partial charge in [0, 0.05) is 19.1 Å². The number of carbonyl (C=O) groups is 2. The van der Waals surface area contributed by atoms with Crippen molar-refractivity contribution in [3.05, 3.63) is 0 Å². The molecule has 1 unspecified atom stereocenters. The standard InChI is InChI=1S/C13H23N3O3/c1-2-5-14-13(18)11-9-19-7-6-16(11)12(17)8-15-10-3-4-10/h10-11,15H,2-9H2,1H3,(H,14,18). The van der Waals surface area contributed by atoms with Crippen LogP contribution in [0.3, 0.4) is 0 Å². The lowest BCUT2D eigenvalue weighted by molar-refractivity contribution is -0.147. The quantitative estimate of drug-likeness (QED) is 0.681. The van der Waals surface area contributed by atoms with Gasteiger partial charge >= 0.3 is 0 Å². The minimum Gasteiger partial charge on any atom is -0.377 e. The first kappa shape index (κ1) is 14.3. The van der Waals surface area contributed by atoms with Gasteiger partial charge in [-0.05, 0) is 19.3 Å². The molecule has 0 radical (unpaired) electrons. The minimum atomic E-state index is -0.478. The van der Waals surface area contributed by atoms with Crippen molar-refractivity contribution in [1.82, 2.24) is 15.5 Å². The second-order valence-electron chi connectivity index (χ2n) is 5.12. The molecule has 0 bridgehead atoms. The first-order valence-corrected chi connectivity index (χ1v) is 7.10. The summed E-state index contributed by atoms with van der Waals surface area (Å²) < 4.78 is 5.33. The second-order valence-corrected chi connectivity index (χ2v) is 5.12. The summed E-state index contributed by atoms with van der Waals surface area (Å²) in [6.07, 6.45) is 3.18. The van der Waals surface area contributed by atoms with Crippen LogP contribution in [0.25, 0.3) is 0 Å². The SMILES string of the molecule is CCCNC(=O)C1COCCN1C(=O)CNC1CC1. The molecule has 2 N–H and O–H groups in total. The van der Waals surface area contributed by atoms with Crippen LogP contribution < -0.4 is 10.6 Å². The Morgan fingerprint density at radius 3 is 2.84 bits per heavy atom. The fourth-order valence-corrected chi connectivity index (χ4v) is 2.11. The molecule has 6 heteroatoms. The van der Waals surface area contributed by atoms with Crippen molar-refractivity contribution < 1.29 is 14.3 Å². The van der Waals surface area contributed by atoms with E-state index in [1.165, 1.54) is 0 Å². The van der Waals surface area contributed by atoms with Crippen LogP contribution in [0.15, 0.2) is 0 Å². The van der Waals surface area contributed by atoms with E-state index in [-0.39, 0.29) is 11.8 Å². The lowest BCUT2D eigenvalue weighted by Crippen LogP contribution is -2.57. The first-order chi connectivity index (χ1) is 9.22. The summed E-state index contributed by atoms with van der Waals surface area (Å²) in [6.45, 7) is 4.26. The van der Waals surface area contributed by atoms with Gasteiger partial charge in [-0.2, -0.15) is 0 Å². The van der Waals surface area contributed by atoms with Crippen molar-refractivity contribution in [3.63, 3.8) is 0 Å². The summed E-state index contributed by atoms with van der Waals surface area (Å²) in [6, 6.07) is 0.0196. The van der Waals surface area contributed by atoms with E-state index in [0.717, 1.165) is 19.3 Å². The molecule has 19 heavy (non-hydrogen) atoms. The molecule has 0 aromatic carbocycles. The molecule has 2 fully saturated rings. The van der Waals surface area contributed by atoms with Crippen LogP contribution in [0.1, 0.15) is 26.2 Å². The summed E-state index contributed by atoms with van der Waals surface area (Å²) in [7, 11) is 0. The molecule has 2 amide bonds. The molecule has 1 aliphatic carbocycles. The Hall–Kier alpha value is -1.14. The van der Waals surface area contributed by atoms with E-state index >= 15 is 0 Å². The van der Waals surface area contributed by atoms with E-state index in [2.05, 4.69) is 10.6 Å². The monoisotopic (exact) mass is 269 g/mol. The average Bonchev–Trinajstić information content (AvgIpc) is 3.26. The fourth-order valence-electron chi connectivity index (χ4n) is 2.11. The highest BCUT2D eigenvalue weighted by atomic mass is 16.5. The number of hydrogen-bond acceptors (Lipinski definition) is 4. The first-order valence-electron chi connectivity index (χ1n) is 7.10. The average molecular weight is 269 g/mol. The van der Waals surface area contributed by atoms with Crippen LogP contribution in [-0.4, -0.2) is 61.6 Å². The van der Waals surface area contributed by atoms with Crippen LogP contribution >= 0.6 is 0 Å². The van der Waals surface area contributed by atoms with Crippen molar-refractivity contribution in [2.24, 2.45) is 0 Å². The molecule has 108 valence electrons. The van der Waals surface area contributed by atoms with Gasteiger partial charge in [-0.1, -0.05) is 6.92 Å². The normalized spacial score (nSPS) is 23.2. The number of morpholine rings is 1. The van der Waals surface area contributed by atoms with E-state index < -0.39 is 6.04 Å². The van der Waals surface area contributed by atoms with Gasteiger partial charge in [-0.3, -0.25) is 9.59 Å². The van der Waals surface area contributed by atoms with Gasteiger partial charge in [-0.25, -0.2) is 0 Å². The molecule has 1 saturated carbocycles. The van der Waals surface area contributed by atoms with Gasteiger partial charge in [0.05, 0.1) is 19.8 Å². The highest BCUT2D eigenvalue weighted by molar-refractivity contribution is 5.88. The zero-order chi connectivity index (χ0) is 13.7. The summed E-state index contributed by atoms with van der Waals surface area (Å²) in [4.78, 5) is 25.8. The Kier molecular flexibility index (Phi) is 5.15. The molecule has 0 aromatic rings. The third-order valence-electron chi connectivity index (χ3n) is 3.42. The summed E-state index contributed by atoms with van der Waals surface area (Å²) in [5.74, 6) is -0.117. The third kappa shape index (κ3) is 4.18. The van der Waals surface area contributed by atoms with E-state index in [9.17, 15) is 9.59 Å². The molecule has 1 saturated heterocycles. The van der Waals surface area contributed by atoms with Gasteiger partial charge in [0.25, 0.3) is 0 Å². The van der Waals surface area contributed by atoms with E-state index in [4.69, 9.17) is 4.74 Å². The maximum atomic E-state index is 12.1. The number of ether oxygens (including phenoxy) is 1. The lowest BCUT2D eigenvalue weighted by Gasteiger charge is -2.34. The molecular weight excluding hydrogens is 246 g/mol. The Morgan fingerprint density at radius 1 is 1.37 bits per heavy atom. The van der Waals surface area contributed by atoms with Crippen molar-refractivity contribution >= 4 is 11.8 Å². The molecular formula is C13H23N3O3. The molecule has 6 nitrogen and oxygen atoms in total. The van der Waals surface area contributed by atoms with E-state index in [1.807, 2.05) is 6.92 Å². The maximum absolute atomic E-state index is 12.1. The fraction of sp³-hybridized carbons (Fsp3) is 0.846. The highest BCUT2D eigenvalue weighted by Gasteiger charge is 2.33. The van der Waals surface area contributed by atoms with Crippen LogP contribution in [0.4, 0.5) is 0 Å². The predicted molar refractivity (Wildman–Crippen MR) is 70.6 cm³/mol. The molecule has 1 atom stereocenters. The Labute approximate surface area is 113 Å². The van der Waals surface area contributed by atoms with Crippen molar-refractivity contribution in [1.29, 1.82) is 0 Å². The van der Waals surface area contributed by atoms with Crippen LogP contribution in [0, 0.1) is 0 Å². The third-order valence-corrected chi connectivity index (χ3v) is 3.42. The second kappa shape index (κ2) is 6.86. The van der Waals surface area contributed by atoms with Gasteiger partial charge in [0.2, 0.25) is 11.8 Å². The van der Waals surface area contributed by atoms with E-state index in [0.29, 0.717) is 38.9 Å². The predicted octanol–water partition coefficient (Wildman–Crippen LogP) is -0.508.